The van der Waals surface area contributed by atoms with E-state index >= 15 is 0 Å². The van der Waals surface area contributed by atoms with E-state index in [1.54, 1.807) is 35.6 Å². The second-order valence-electron chi connectivity index (χ2n) is 9.00. The van der Waals surface area contributed by atoms with Gasteiger partial charge in [-0.25, -0.2) is 9.37 Å². The van der Waals surface area contributed by atoms with Gasteiger partial charge in [0.15, 0.2) is 0 Å². The number of aryl methyl sites for hydroxylation is 1. The number of halogens is 1. The van der Waals surface area contributed by atoms with E-state index in [1.807, 2.05) is 63.2 Å². The van der Waals surface area contributed by atoms with E-state index in [1.165, 1.54) is 17.2 Å². The number of amides is 1. The molecular formula is C30H26FN3O2S. The molecule has 0 radical (unpaired) electrons. The third-order valence-electron chi connectivity index (χ3n) is 5.85. The van der Waals surface area contributed by atoms with Crippen molar-refractivity contribution in [3.63, 3.8) is 0 Å². The summed E-state index contributed by atoms with van der Waals surface area (Å²) in [5, 5.41) is 0. The van der Waals surface area contributed by atoms with Crippen LogP contribution in [-0.4, -0.2) is 22.0 Å². The highest BCUT2D eigenvalue weighted by atomic mass is 32.1. The van der Waals surface area contributed by atoms with E-state index in [4.69, 9.17) is 4.74 Å². The summed E-state index contributed by atoms with van der Waals surface area (Å²) in [4.78, 5) is 25.9. The van der Waals surface area contributed by atoms with Crippen molar-refractivity contribution >= 4 is 34.0 Å². The molecule has 0 spiro atoms. The van der Waals surface area contributed by atoms with Crippen molar-refractivity contribution in [2.75, 3.05) is 4.90 Å². The predicted octanol–water partition coefficient (Wildman–Crippen LogP) is 7.44. The number of hydrogen-bond acceptors (Lipinski definition) is 5. The fraction of sp³-hybridized carbons (Fsp3) is 0.167. The average molecular weight is 512 g/mol. The maximum Gasteiger partial charge on any atom is 0.278 e. The topological polar surface area (TPSA) is 55.3 Å². The van der Waals surface area contributed by atoms with Crippen molar-refractivity contribution in [3.05, 3.63) is 107 Å². The van der Waals surface area contributed by atoms with Crippen LogP contribution in [0.5, 0.6) is 5.75 Å². The van der Waals surface area contributed by atoms with Crippen molar-refractivity contribution in [1.29, 1.82) is 0 Å². The SMILES string of the molecule is Cc1cc(-c2ccc(CN(C(=O)c3cnc4ccccc4n3)c3ccccc3F)s2)ccc1OC(C)C. The zero-order chi connectivity index (χ0) is 25.9. The molecule has 0 unspecified atom stereocenters. The van der Waals surface area contributed by atoms with E-state index in [-0.39, 0.29) is 24.0 Å². The molecule has 2 aromatic heterocycles. The molecule has 5 aromatic rings. The molecule has 0 saturated heterocycles. The van der Waals surface area contributed by atoms with E-state index < -0.39 is 11.7 Å². The van der Waals surface area contributed by atoms with Gasteiger partial charge >= 0.3 is 0 Å². The van der Waals surface area contributed by atoms with Crippen LogP contribution in [0.1, 0.15) is 34.8 Å². The summed E-state index contributed by atoms with van der Waals surface area (Å²) in [6.45, 7) is 6.24. The summed E-state index contributed by atoms with van der Waals surface area (Å²) in [5.74, 6) is -0.0228. The minimum Gasteiger partial charge on any atom is -0.491 e. The van der Waals surface area contributed by atoms with Gasteiger partial charge in [-0.05, 0) is 86.5 Å². The Bertz CT molecular complexity index is 1580. The highest BCUT2D eigenvalue weighted by Gasteiger charge is 2.23. The van der Waals surface area contributed by atoms with E-state index in [0.29, 0.717) is 11.0 Å². The normalized spacial score (nSPS) is 11.2. The Kier molecular flexibility index (Phi) is 6.97. The Morgan fingerprint density at radius 3 is 2.51 bits per heavy atom. The summed E-state index contributed by atoms with van der Waals surface area (Å²) in [6.07, 6.45) is 1.55. The van der Waals surface area contributed by atoms with Gasteiger partial charge in [-0.1, -0.05) is 24.3 Å². The van der Waals surface area contributed by atoms with Crippen LogP contribution >= 0.6 is 11.3 Å². The second-order valence-corrected chi connectivity index (χ2v) is 10.2. The lowest BCUT2D eigenvalue weighted by molar-refractivity contribution is 0.0979. The number of fused-ring (bicyclic) bond motifs is 1. The molecule has 0 bridgehead atoms. The van der Waals surface area contributed by atoms with Gasteiger partial charge in [0.2, 0.25) is 0 Å². The Hall–Kier alpha value is -4.10. The third-order valence-corrected chi connectivity index (χ3v) is 6.97. The van der Waals surface area contributed by atoms with Crippen LogP contribution in [0.3, 0.4) is 0 Å². The first-order valence-corrected chi connectivity index (χ1v) is 12.9. The predicted molar refractivity (Wildman–Crippen MR) is 147 cm³/mol. The molecule has 0 aliphatic carbocycles. The maximum atomic E-state index is 14.9. The van der Waals surface area contributed by atoms with Crippen LogP contribution in [0.15, 0.2) is 85.1 Å². The number of carbonyl (C=O) groups excluding carboxylic acids is 1. The molecule has 0 atom stereocenters. The van der Waals surface area contributed by atoms with Crippen molar-refractivity contribution < 1.29 is 13.9 Å². The number of hydrogen-bond donors (Lipinski definition) is 0. The van der Waals surface area contributed by atoms with Gasteiger partial charge in [0, 0.05) is 9.75 Å². The molecule has 0 N–H and O–H groups in total. The van der Waals surface area contributed by atoms with Crippen molar-refractivity contribution in [2.45, 2.75) is 33.4 Å². The Labute approximate surface area is 219 Å². The van der Waals surface area contributed by atoms with Crippen LogP contribution in [0.2, 0.25) is 0 Å². The first kappa shape index (κ1) is 24.6. The quantitative estimate of drug-likeness (QED) is 0.228. The number of ether oxygens (including phenoxy) is 1. The van der Waals surface area contributed by atoms with Crippen molar-refractivity contribution in [2.24, 2.45) is 0 Å². The lowest BCUT2D eigenvalue weighted by Gasteiger charge is -2.22. The van der Waals surface area contributed by atoms with Crippen LogP contribution < -0.4 is 9.64 Å². The number of thiophene rings is 1. The van der Waals surface area contributed by atoms with Crippen LogP contribution in [-0.2, 0) is 6.54 Å². The summed E-state index contributed by atoms with van der Waals surface area (Å²) in [5.41, 5.74) is 3.78. The molecule has 37 heavy (non-hydrogen) atoms. The number of para-hydroxylation sites is 3. The lowest BCUT2D eigenvalue weighted by Crippen LogP contribution is -2.31. The number of aromatic nitrogens is 2. The summed E-state index contributed by atoms with van der Waals surface area (Å²) >= 11 is 1.57. The Morgan fingerprint density at radius 2 is 1.76 bits per heavy atom. The molecule has 0 fully saturated rings. The molecule has 0 aliphatic heterocycles. The van der Waals surface area contributed by atoms with Gasteiger partial charge in [-0.2, -0.15) is 0 Å². The number of nitrogens with zero attached hydrogens (tertiary/aromatic N) is 3. The van der Waals surface area contributed by atoms with Gasteiger partial charge in [0.25, 0.3) is 5.91 Å². The van der Waals surface area contributed by atoms with Crippen molar-refractivity contribution in [1.82, 2.24) is 9.97 Å². The summed E-state index contributed by atoms with van der Waals surface area (Å²) in [6, 6.07) is 23.7. The van der Waals surface area contributed by atoms with E-state index in [9.17, 15) is 9.18 Å². The Balaban J connectivity index is 1.46. The monoisotopic (exact) mass is 511 g/mol. The zero-order valence-electron chi connectivity index (χ0n) is 20.8. The molecule has 5 rings (SSSR count). The number of benzene rings is 3. The van der Waals surface area contributed by atoms with Gasteiger partial charge in [-0.3, -0.25) is 14.7 Å². The molecule has 2 heterocycles. The standard InChI is InChI=1S/C30H26FN3O2S/c1-19(2)36-28-14-12-21(16-20(28)3)29-15-13-22(37-29)18-34(27-11-7-4-8-23(27)31)30(35)26-17-32-24-9-5-6-10-25(24)33-26/h4-17,19H,18H2,1-3H3. The molecule has 1 amide bonds. The van der Waals surface area contributed by atoms with E-state index in [0.717, 1.165) is 26.6 Å². The highest BCUT2D eigenvalue weighted by molar-refractivity contribution is 7.15. The highest BCUT2D eigenvalue weighted by Crippen LogP contribution is 2.33. The van der Waals surface area contributed by atoms with Crippen LogP contribution in [0.25, 0.3) is 21.5 Å². The van der Waals surface area contributed by atoms with Gasteiger partial charge in [0.05, 0.1) is 35.6 Å². The molecular weight excluding hydrogens is 485 g/mol. The number of rotatable bonds is 7. The van der Waals surface area contributed by atoms with E-state index in [2.05, 4.69) is 16.0 Å². The zero-order valence-corrected chi connectivity index (χ0v) is 21.6. The van der Waals surface area contributed by atoms with Crippen molar-refractivity contribution in [3.8, 4) is 16.2 Å². The van der Waals surface area contributed by atoms with Gasteiger partial charge in [-0.15, -0.1) is 11.3 Å². The molecule has 3 aromatic carbocycles. The fourth-order valence-electron chi connectivity index (χ4n) is 4.10. The smallest absolute Gasteiger partial charge is 0.278 e. The fourth-order valence-corrected chi connectivity index (χ4v) is 5.09. The van der Waals surface area contributed by atoms with Gasteiger partial charge < -0.3 is 4.74 Å². The molecule has 0 aliphatic rings. The number of carbonyl (C=O) groups is 1. The van der Waals surface area contributed by atoms with Gasteiger partial charge in [0.1, 0.15) is 17.3 Å². The first-order chi connectivity index (χ1) is 17.9. The molecule has 5 nitrogen and oxygen atoms in total. The third kappa shape index (κ3) is 5.37. The second kappa shape index (κ2) is 10.5. The molecule has 186 valence electrons. The molecule has 0 saturated carbocycles. The average Bonchev–Trinajstić information content (AvgIpc) is 3.37. The van der Waals surface area contributed by atoms with Crippen LogP contribution in [0.4, 0.5) is 10.1 Å². The maximum absolute atomic E-state index is 14.9. The largest absolute Gasteiger partial charge is 0.491 e. The Morgan fingerprint density at radius 1 is 1.00 bits per heavy atom. The minimum atomic E-state index is -0.474. The summed E-state index contributed by atoms with van der Waals surface area (Å²) < 4.78 is 20.7. The summed E-state index contributed by atoms with van der Waals surface area (Å²) in [7, 11) is 0. The minimum absolute atomic E-state index is 0.104. The van der Waals surface area contributed by atoms with Crippen LogP contribution in [0, 0.1) is 12.7 Å². The first-order valence-electron chi connectivity index (χ1n) is 12.0. The number of anilines is 1. The lowest BCUT2D eigenvalue weighted by atomic mass is 10.1. The molecule has 7 heteroatoms.